The number of anilines is 1. The highest BCUT2D eigenvalue weighted by molar-refractivity contribution is 5.91. The summed E-state index contributed by atoms with van der Waals surface area (Å²) < 4.78 is 11.4. The van der Waals surface area contributed by atoms with E-state index in [1.54, 1.807) is 42.2 Å². The van der Waals surface area contributed by atoms with Crippen LogP contribution in [0.1, 0.15) is 18.6 Å². The Kier molecular flexibility index (Phi) is 4.72. The molecular formula is C19H20N4O5. The summed E-state index contributed by atoms with van der Waals surface area (Å²) in [4.78, 5) is 38.7. The number of nitrogens with zero attached hydrogens (tertiary/aromatic N) is 3. The minimum atomic E-state index is -0.549. The van der Waals surface area contributed by atoms with Crippen LogP contribution in [0.5, 0.6) is 0 Å². The first-order valence-electron chi connectivity index (χ1n) is 9.11. The van der Waals surface area contributed by atoms with E-state index in [2.05, 4.69) is 10.5 Å². The van der Waals surface area contributed by atoms with Crippen molar-refractivity contribution in [3.05, 3.63) is 46.6 Å². The van der Waals surface area contributed by atoms with Crippen molar-refractivity contribution in [2.24, 2.45) is 5.92 Å². The van der Waals surface area contributed by atoms with Gasteiger partial charge in [0.2, 0.25) is 11.8 Å². The third-order valence-electron chi connectivity index (χ3n) is 4.96. The number of piperidine rings is 1. The van der Waals surface area contributed by atoms with E-state index in [9.17, 15) is 14.4 Å². The van der Waals surface area contributed by atoms with Gasteiger partial charge in [-0.25, -0.2) is 4.79 Å². The summed E-state index contributed by atoms with van der Waals surface area (Å²) in [7, 11) is 0. The molecule has 0 aliphatic carbocycles. The van der Waals surface area contributed by atoms with E-state index in [4.69, 9.17) is 8.94 Å². The lowest BCUT2D eigenvalue weighted by atomic mass is 9.96. The molecular weight excluding hydrogens is 364 g/mol. The van der Waals surface area contributed by atoms with Crippen LogP contribution in [0, 0.1) is 12.8 Å². The Morgan fingerprint density at radius 2 is 2.00 bits per heavy atom. The Morgan fingerprint density at radius 3 is 2.71 bits per heavy atom. The number of carbonyl (C=O) groups is 2. The third kappa shape index (κ3) is 3.55. The first kappa shape index (κ1) is 18.0. The number of hydrogen-bond acceptors (Lipinski definition) is 6. The average Bonchev–Trinajstić information content (AvgIpc) is 3.24. The molecule has 0 spiro atoms. The molecule has 0 bridgehead atoms. The second-order valence-corrected chi connectivity index (χ2v) is 6.89. The molecule has 0 saturated carbocycles. The monoisotopic (exact) mass is 384 g/mol. The highest BCUT2D eigenvalue weighted by Gasteiger charge is 2.28. The molecule has 4 rings (SSSR count). The van der Waals surface area contributed by atoms with Crippen LogP contribution in [0.15, 0.2) is 44.1 Å². The van der Waals surface area contributed by atoms with Gasteiger partial charge in [-0.2, -0.15) is 0 Å². The molecule has 2 aromatic heterocycles. The second-order valence-electron chi connectivity index (χ2n) is 6.89. The first-order chi connectivity index (χ1) is 13.5. The van der Waals surface area contributed by atoms with E-state index < -0.39 is 5.76 Å². The summed E-state index contributed by atoms with van der Waals surface area (Å²) in [5.41, 5.74) is 1.05. The van der Waals surface area contributed by atoms with Crippen LogP contribution < -0.4 is 11.1 Å². The molecule has 1 fully saturated rings. The normalized spacial score (nSPS) is 15.1. The molecule has 1 aliphatic heterocycles. The summed E-state index contributed by atoms with van der Waals surface area (Å²) in [6, 6.07) is 8.66. The van der Waals surface area contributed by atoms with Gasteiger partial charge in [-0.1, -0.05) is 17.3 Å². The number of oxazole rings is 1. The van der Waals surface area contributed by atoms with Crippen LogP contribution in [0.2, 0.25) is 0 Å². The highest BCUT2D eigenvalue weighted by atomic mass is 16.5. The number of aromatic nitrogens is 2. The van der Waals surface area contributed by atoms with Crippen molar-refractivity contribution < 1.29 is 18.5 Å². The summed E-state index contributed by atoms with van der Waals surface area (Å²) in [6.45, 7) is 2.59. The predicted octanol–water partition coefficient (Wildman–Crippen LogP) is 1.77. The molecule has 1 aliphatic rings. The molecule has 146 valence electrons. The number of hydrogen-bond donors (Lipinski definition) is 1. The summed E-state index contributed by atoms with van der Waals surface area (Å²) in [5.74, 6) is -0.0210. The van der Waals surface area contributed by atoms with Gasteiger partial charge in [0.05, 0.1) is 5.52 Å². The molecule has 0 atom stereocenters. The number of benzene rings is 1. The highest BCUT2D eigenvalue weighted by Crippen LogP contribution is 2.20. The van der Waals surface area contributed by atoms with Gasteiger partial charge in [0.1, 0.15) is 12.3 Å². The van der Waals surface area contributed by atoms with Crippen LogP contribution in [-0.4, -0.2) is 39.5 Å². The van der Waals surface area contributed by atoms with Gasteiger partial charge in [-0.3, -0.25) is 14.2 Å². The Morgan fingerprint density at radius 1 is 1.25 bits per heavy atom. The number of aryl methyl sites for hydroxylation is 1. The van der Waals surface area contributed by atoms with Crippen molar-refractivity contribution in [1.82, 2.24) is 14.6 Å². The Hall–Kier alpha value is -3.36. The van der Waals surface area contributed by atoms with Gasteiger partial charge in [-0.05, 0) is 31.9 Å². The van der Waals surface area contributed by atoms with Crippen LogP contribution in [-0.2, 0) is 16.1 Å². The minimum absolute atomic E-state index is 0.0784. The van der Waals surface area contributed by atoms with Crippen molar-refractivity contribution in [3.8, 4) is 0 Å². The van der Waals surface area contributed by atoms with Crippen LogP contribution in [0.3, 0.4) is 0 Å². The Labute approximate surface area is 159 Å². The lowest BCUT2D eigenvalue weighted by molar-refractivity contribution is -0.135. The van der Waals surface area contributed by atoms with E-state index in [0.29, 0.717) is 48.6 Å². The lowest BCUT2D eigenvalue weighted by Crippen LogP contribution is -2.43. The number of rotatable bonds is 4. The number of nitrogens with one attached hydrogen (secondary N) is 1. The average molecular weight is 384 g/mol. The maximum Gasteiger partial charge on any atom is 0.420 e. The van der Waals surface area contributed by atoms with E-state index >= 15 is 0 Å². The van der Waals surface area contributed by atoms with Crippen molar-refractivity contribution in [3.63, 3.8) is 0 Å². The maximum absolute atomic E-state index is 12.6. The van der Waals surface area contributed by atoms with Crippen LogP contribution >= 0.6 is 0 Å². The van der Waals surface area contributed by atoms with E-state index in [1.165, 1.54) is 4.57 Å². The van der Waals surface area contributed by atoms with Crippen molar-refractivity contribution in [2.45, 2.75) is 26.3 Å². The molecule has 28 heavy (non-hydrogen) atoms. The number of fused-ring (bicyclic) bond motifs is 1. The fraction of sp³-hybridized carbons (Fsp3) is 0.368. The Bertz CT molecular complexity index is 1070. The molecule has 1 N–H and O–H groups in total. The smallest absolute Gasteiger partial charge is 0.408 e. The zero-order valence-electron chi connectivity index (χ0n) is 15.4. The Balaban J connectivity index is 1.35. The SMILES string of the molecule is Cc1cc(NC(=O)C2CCN(C(=O)Cn3c(=O)oc4ccccc43)CC2)no1. The number of amides is 2. The fourth-order valence-corrected chi connectivity index (χ4v) is 3.44. The first-order valence-corrected chi connectivity index (χ1v) is 9.11. The number of carbonyl (C=O) groups excluding carboxylic acids is 2. The molecule has 3 heterocycles. The maximum atomic E-state index is 12.6. The van der Waals surface area contributed by atoms with Crippen molar-refractivity contribution >= 4 is 28.7 Å². The van der Waals surface area contributed by atoms with Gasteiger partial charge >= 0.3 is 5.76 Å². The van der Waals surface area contributed by atoms with E-state index in [1.807, 2.05) is 0 Å². The number of likely N-dealkylation sites (tertiary alicyclic amines) is 1. The zero-order chi connectivity index (χ0) is 19.7. The van der Waals surface area contributed by atoms with Crippen LogP contribution in [0.25, 0.3) is 11.1 Å². The number of para-hydroxylation sites is 2. The fourth-order valence-electron chi connectivity index (χ4n) is 3.44. The van der Waals surface area contributed by atoms with Gasteiger partial charge < -0.3 is 19.2 Å². The largest absolute Gasteiger partial charge is 0.420 e. The molecule has 2 amide bonds. The predicted molar refractivity (Wildman–Crippen MR) is 99.6 cm³/mol. The molecule has 0 unspecified atom stereocenters. The molecule has 1 aromatic carbocycles. The standard InChI is InChI=1S/C19H20N4O5/c1-12-10-16(21-28-12)20-18(25)13-6-8-22(9-7-13)17(24)11-23-14-4-2-3-5-15(14)27-19(23)26/h2-5,10,13H,6-9,11H2,1H3,(H,20,21,25). The molecule has 3 aromatic rings. The summed E-state index contributed by atoms with van der Waals surface area (Å²) in [6.07, 6.45) is 1.10. The van der Waals surface area contributed by atoms with Gasteiger partial charge in [-0.15, -0.1) is 0 Å². The van der Waals surface area contributed by atoms with Crippen molar-refractivity contribution in [2.75, 3.05) is 18.4 Å². The third-order valence-corrected chi connectivity index (χ3v) is 4.96. The van der Waals surface area contributed by atoms with E-state index in [-0.39, 0.29) is 24.3 Å². The quantitative estimate of drug-likeness (QED) is 0.734. The summed E-state index contributed by atoms with van der Waals surface area (Å²) in [5, 5.41) is 6.49. The molecule has 0 radical (unpaired) electrons. The topological polar surface area (TPSA) is 111 Å². The summed E-state index contributed by atoms with van der Waals surface area (Å²) >= 11 is 0. The second kappa shape index (κ2) is 7.34. The molecule has 9 nitrogen and oxygen atoms in total. The van der Waals surface area contributed by atoms with Crippen LogP contribution in [0.4, 0.5) is 5.82 Å². The van der Waals surface area contributed by atoms with Gasteiger partial charge in [0.25, 0.3) is 0 Å². The molecule has 9 heteroatoms. The minimum Gasteiger partial charge on any atom is -0.408 e. The molecule has 1 saturated heterocycles. The zero-order valence-corrected chi connectivity index (χ0v) is 15.4. The van der Waals surface area contributed by atoms with E-state index in [0.717, 1.165) is 0 Å². The van der Waals surface area contributed by atoms with Gasteiger partial charge in [0.15, 0.2) is 11.4 Å². The lowest BCUT2D eigenvalue weighted by Gasteiger charge is -2.31. The van der Waals surface area contributed by atoms with Crippen molar-refractivity contribution in [1.29, 1.82) is 0 Å². The van der Waals surface area contributed by atoms with Gasteiger partial charge in [0, 0.05) is 25.1 Å².